The van der Waals surface area contributed by atoms with Gasteiger partial charge >= 0.3 is 0 Å². The van der Waals surface area contributed by atoms with Crippen LogP contribution in [-0.2, 0) is 4.79 Å². The van der Waals surface area contributed by atoms with Crippen molar-refractivity contribution >= 4 is 5.91 Å². The molecule has 0 radical (unpaired) electrons. The molecular weight excluding hydrogens is 226 g/mol. The summed E-state index contributed by atoms with van der Waals surface area (Å²) < 4.78 is 26.2. The van der Waals surface area contributed by atoms with E-state index >= 15 is 0 Å². The summed E-state index contributed by atoms with van der Waals surface area (Å²) in [6, 6.07) is 2.91. The summed E-state index contributed by atoms with van der Waals surface area (Å²) in [6.07, 6.45) is 0. The number of amides is 1. The van der Waals surface area contributed by atoms with E-state index in [9.17, 15) is 13.6 Å². The van der Waals surface area contributed by atoms with E-state index in [0.717, 1.165) is 6.07 Å². The first-order chi connectivity index (χ1) is 8.08. The Bertz CT molecular complexity index is 433. The summed E-state index contributed by atoms with van der Waals surface area (Å²) in [5, 5.41) is 5.71. The van der Waals surface area contributed by atoms with E-state index in [-0.39, 0.29) is 11.8 Å². The second-order valence-corrected chi connectivity index (χ2v) is 4.25. The number of halogens is 2. The third kappa shape index (κ3) is 2.61. The van der Waals surface area contributed by atoms with Gasteiger partial charge in [-0.05, 0) is 13.0 Å². The fourth-order valence-corrected chi connectivity index (χ4v) is 1.74. The van der Waals surface area contributed by atoms with Crippen molar-refractivity contribution in [2.45, 2.75) is 13.0 Å². The maximum Gasteiger partial charge on any atom is 0.226 e. The molecule has 0 bridgehead atoms. The Morgan fingerprint density at radius 1 is 1.47 bits per heavy atom. The van der Waals surface area contributed by atoms with Gasteiger partial charge in [0.2, 0.25) is 5.91 Å². The Morgan fingerprint density at radius 2 is 2.18 bits per heavy atom. The summed E-state index contributed by atoms with van der Waals surface area (Å²) in [6.45, 7) is 3.00. The molecule has 1 aliphatic rings. The molecular formula is C12H14F2N2O. The lowest BCUT2D eigenvalue weighted by Crippen LogP contribution is -2.51. The third-order valence-corrected chi connectivity index (χ3v) is 2.94. The number of rotatable bonds is 3. The van der Waals surface area contributed by atoms with Crippen molar-refractivity contribution in [2.24, 2.45) is 5.92 Å². The van der Waals surface area contributed by atoms with Crippen LogP contribution in [0.5, 0.6) is 0 Å². The van der Waals surface area contributed by atoms with Crippen molar-refractivity contribution in [3.63, 3.8) is 0 Å². The van der Waals surface area contributed by atoms with Crippen LogP contribution in [0, 0.1) is 17.6 Å². The quantitative estimate of drug-likeness (QED) is 0.837. The summed E-state index contributed by atoms with van der Waals surface area (Å²) in [5.41, 5.74) is 0.298. The average Bonchev–Trinajstić information content (AvgIpc) is 2.13. The van der Waals surface area contributed by atoms with Gasteiger partial charge in [0, 0.05) is 24.7 Å². The van der Waals surface area contributed by atoms with E-state index in [0.29, 0.717) is 18.7 Å². The molecule has 1 aromatic rings. The Kier molecular flexibility index (Phi) is 3.38. The van der Waals surface area contributed by atoms with E-state index in [1.165, 1.54) is 12.1 Å². The van der Waals surface area contributed by atoms with Crippen LogP contribution in [0.2, 0.25) is 0 Å². The molecule has 0 aromatic heterocycles. The van der Waals surface area contributed by atoms with Gasteiger partial charge in [0.1, 0.15) is 11.6 Å². The highest BCUT2D eigenvalue weighted by Crippen LogP contribution is 2.18. The lowest BCUT2D eigenvalue weighted by molar-refractivity contribution is -0.127. The zero-order valence-corrected chi connectivity index (χ0v) is 9.47. The third-order valence-electron chi connectivity index (χ3n) is 2.94. The number of hydrogen-bond donors (Lipinski definition) is 2. The van der Waals surface area contributed by atoms with Gasteiger partial charge in [0.25, 0.3) is 0 Å². The molecule has 1 fully saturated rings. The van der Waals surface area contributed by atoms with Crippen molar-refractivity contribution in [3.05, 3.63) is 35.4 Å². The minimum Gasteiger partial charge on any atom is -0.349 e. The van der Waals surface area contributed by atoms with Gasteiger partial charge in [0.05, 0.1) is 12.0 Å². The fraction of sp³-hybridized carbons (Fsp3) is 0.417. The molecule has 1 aromatic carbocycles. The average molecular weight is 240 g/mol. The van der Waals surface area contributed by atoms with Crippen molar-refractivity contribution in [2.75, 3.05) is 13.1 Å². The monoisotopic (exact) mass is 240 g/mol. The first-order valence-electron chi connectivity index (χ1n) is 5.54. The summed E-state index contributed by atoms with van der Waals surface area (Å²) in [7, 11) is 0. The molecule has 0 aliphatic carbocycles. The molecule has 3 nitrogen and oxygen atoms in total. The van der Waals surface area contributed by atoms with Crippen LogP contribution in [0.3, 0.4) is 0 Å². The van der Waals surface area contributed by atoms with Crippen LogP contribution in [0.25, 0.3) is 0 Å². The van der Waals surface area contributed by atoms with E-state index in [4.69, 9.17) is 0 Å². The molecule has 2 N–H and O–H groups in total. The Morgan fingerprint density at radius 3 is 2.71 bits per heavy atom. The molecule has 0 spiro atoms. The lowest BCUT2D eigenvalue weighted by Gasteiger charge is -2.27. The lowest BCUT2D eigenvalue weighted by atomic mass is 10.0. The van der Waals surface area contributed by atoms with Gasteiger partial charge in [-0.1, -0.05) is 6.07 Å². The van der Waals surface area contributed by atoms with Crippen molar-refractivity contribution in [1.82, 2.24) is 10.6 Å². The van der Waals surface area contributed by atoms with E-state index in [1.54, 1.807) is 6.92 Å². The zero-order chi connectivity index (χ0) is 12.4. The predicted octanol–water partition coefficient (Wildman–Crippen LogP) is 1.36. The van der Waals surface area contributed by atoms with Crippen molar-refractivity contribution in [3.8, 4) is 0 Å². The van der Waals surface area contributed by atoms with Crippen molar-refractivity contribution < 1.29 is 13.6 Å². The van der Waals surface area contributed by atoms with Gasteiger partial charge in [-0.15, -0.1) is 0 Å². The largest absolute Gasteiger partial charge is 0.349 e. The van der Waals surface area contributed by atoms with Crippen molar-refractivity contribution in [1.29, 1.82) is 0 Å². The standard InChI is InChI=1S/C12H14F2N2O/c1-7(16-12(17)8-5-15-6-8)10-3-2-9(13)4-11(10)14/h2-4,7-8,15H,5-6H2,1H3,(H,16,17). The molecule has 1 amide bonds. The van der Waals surface area contributed by atoms with E-state index in [2.05, 4.69) is 10.6 Å². The topological polar surface area (TPSA) is 41.1 Å². The predicted molar refractivity (Wildman–Crippen MR) is 59.3 cm³/mol. The van der Waals surface area contributed by atoms with Gasteiger partial charge in [-0.3, -0.25) is 4.79 Å². The SMILES string of the molecule is CC(NC(=O)C1CNC1)c1ccc(F)cc1F. The summed E-state index contributed by atoms with van der Waals surface area (Å²) >= 11 is 0. The molecule has 1 atom stereocenters. The number of carbonyl (C=O) groups excluding carboxylic acids is 1. The maximum atomic E-state index is 13.4. The maximum absolute atomic E-state index is 13.4. The normalized spacial score (nSPS) is 17.4. The van der Waals surface area contributed by atoms with Crippen LogP contribution in [0.4, 0.5) is 8.78 Å². The molecule has 1 aliphatic heterocycles. The zero-order valence-electron chi connectivity index (χ0n) is 9.47. The van der Waals surface area contributed by atoms with Gasteiger partial charge in [-0.25, -0.2) is 8.78 Å². The second-order valence-electron chi connectivity index (χ2n) is 4.25. The molecule has 1 unspecified atom stereocenters. The molecule has 2 rings (SSSR count). The minimum absolute atomic E-state index is 0.0408. The number of nitrogens with one attached hydrogen (secondary N) is 2. The number of benzene rings is 1. The van der Waals surface area contributed by atoms with Crippen LogP contribution in [-0.4, -0.2) is 19.0 Å². The van der Waals surface area contributed by atoms with Crippen LogP contribution in [0.15, 0.2) is 18.2 Å². The van der Waals surface area contributed by atoms with Gasteiger partial charge in [-0.2, -0.15) is 0 Å². The summed E-state index contributed by atoms with van der Waals surface area (Å²) in [5.74, 6) is -1.39. The summed E-state index contributed by atoms with van der Waals surface area (Å²) in [4.78, 5) is 11.6. The van der Waals surface area contributed by atoms with Gasteiger partial charge < -0.3 is 10.6 Å². The number of hydrogen-bond acceptors (Lipinski definition) is 2. The fourth-order valence-electron chi connectivity index (χ4n) is 1.74. The molecule has 92 valence electrons. The highest BCUT2D eigenvalue weighted by Gasteiger charge is 2.26. The Labute approximate surface area is 98.2 Å². The Hall–Kier alpha value is -1.49. The minimum atomic E-state index is -0.635. The molecule has 5 heteroatoms. The second kappa shape index (κ2) is 4.79. The first kappa shape index (κ1) is 12.0. The van der Waals surface area contributed by atoms with E-state index in [1.807, 2.05) is 0 Å². The molecule has 1 saturated heterocycles. The van der Waals surface area contributed by atoms with Crippen LogP contribution < -0.4 is 10.6 Å². The van der Waals surface area contributed by atoms with Gasteiger partial charge in [0.15, 0.2) is 0 Å². The van der Waals surface area contributed by atoms with Crippen LogP contribution in [0.1, 0.15) is 18.5 Å². The highest BCUT2D eigenvalue weighted by atomic mass is 19.1. The number of carbonyl (C=O) groups is 1. The Balaban J connectivity index is 2.03. The highest BCUT2D eigenvalue weighted by molar-refractivity contribution is 5.80. The first-order valence-corrected chi connectivity index (χ1v) is 5.54. The van der Waals surface area contributed by atoms with E-state index < -0.39 is 17.7 Å². The molecule has 17 heavy (non-hydrogen) atoms. The molecule has 1 heterocycles. The smallest absolute Gasteiger partial charge is 0.226 e. The van der Waals surface area contributed by atoms with Crippen LogP contribution >= 0.6 is 0 Å². The molecule has 0 saturated carbocycles.